The monoisotopic (exact) mass is 301 g/mol. The van der Waals surface area contributed by atoms with Gasteiger partial charge in [0, 0.05) is 18.7 Å². The van der Waals surface area contributed by atoms with Gasteiger partial charge in [-0.15, -0.1) is 12.4 Å². The zero-order valence-electron chi connectivity index (χ0n) is 11.5. The highest BCUT2D eigenvalue weighted by Gasteiger charge is 2.18. The highest BCUT2D eigenvalue weighted by Crippen LogP contribution is 2.12. The maximum atomic E-state index is 11.7. The lowest BCUT2D eigenvalue weighted by Crippen LogP contribution is -2.44. The Kier molecular flexibility index (Phi) is 7.79. The molecule has 3 N–H and O–H groups in total. The molecule has 0 aliphatic carbocycles. The summed E-state index contributed by atoms with van der Waals surface area (Å²) in [6.07, 6.45) is 0.839. The highest BCUT2D eigenvalue weighted by atomic mass is 35.5. The topological polar surface area (TPSA) is 98.3 Å². The molecule has 20 heavy (non-hydrogen) atoms. The Morgan fingerprint density at radius 2 is 1.95 bits per heavy atom. The number of hydrogen-bond acceptors (Lipinski definition) is 4. The number of carbonyl (C=O) groups is 1. The van der Waals surface area contributed by atoms with E-state index < -0.39 is 11.0 Å². The van der Waals surface area contributed by atoms with Crippen molar-refractivity contribution in [2.75, 3.05) is 0 Å². The smallest absolute Gasteiger partial charge is 0.269 e. The van der Waals surface area contributed by atoms with Gasteiger partial charge in [0.2, 0.25) is 5.91 Å². The molecular weight excluding hydrogens is 282 g/mol. The lowest BCUT2D eigenvalue weighted by molar-refractivity contribution is -0.384. The average molecular weight is 302 g/mol. The van der Waals surface area contributed by atoms with Gasteiger partial charge in [-0.2, -0.15) is 0 Å². The lowest BCUT2D eigenvalue weighted by atomic mass is 9.99. The number of nitrogens with two attached hydrogens (primary N) is 1. The Labute approximate surface area is 124 Å². The van der Waals surface area contributed by atoms with E-state index in [0.29, 0.717) is 6.54 Å². The van der Waals surface area contributed by atoms with Gasteiger partial charge in [-0.3, -0.25) is 14.9 Å². The zero-order chi connectivity index (χ0) is 14.4. The van der Waals surface area contributed by atoms with Gasteiger partial charge < -0.3 is 11.1 Å². The van der Waals surface area contributed by atoms with Crippen LogP contribution in [0.25, 0.3) is 0 Å². The molecule has 0 saturated heterocycles. The third-order valence-electron chi connectivity index (χ3n) is 3.17. The minimum absolute atomic E-state index is 0. The predicted molar refractivity (Wildman–Crippen MR) is 79.6 cm³/mol. The first-order valence-electron chi connectivity index (χ1n) is 6.22. The Balaban J connectivity index is 0.00000361. The largest absolute Gasteiger partial charge is 0.351 e. The summed E-state index contributed by atoms with van der Waals surface area (Å²) in [7, 11) is 0. The normalized spacial score (nSPS) is 12.9. The third-order valence-corrected chi connectivity index (χ3v) is 3.17. The molecule has 2 atom stereocenters. The molecule has 1 aromatic rings. The maximum Gasteiger partial charge on any atom is 0.269 e. The molecule has 0 bridgehead atoms. The van der Waals surface area contributed by atoms with Crippen molar-refractivity contribution in [3.05, 3.63) is 39.9 Å². The quantitative estimate of drug-likeness (QED) is 0.620. The summed E-state index contributed by atoms with van der Waals surface area (Å²) in [5.74, 6) is -0.0791. The van der Waals surface area contributed by atoms with E-state index in [1.54, 1.807) is 12.1 Å². The molecule has 112 valence electrons. The van der Waals surface area contributed by atoms with Crippen LogP contribution in [0.15, 0.2) is 24.3 Å². The van der Waals surface area contributed by atoms with Crippen molar-refractivity contribution in [3.63, 3.8) is 0 Å². The van der Waals surface area contributed by atoms with Crippen molar-refractivity contribution in [1.82, 2.24) is 5.32 Å². The van der Waals surface area contributed by atoms with Gasteiger partial charge in [0.1, 0.15) is 0 Å². The van der Waals surface area contributed by atoms with Crippen molar-refractivity contribution in [2.45, 2.75) is 32.9 Å². The number of carbonyl (C=O) groups excluding carboxylic acids is 1. The van der Waals surface area contributed by atoms with E-state index in [1.165, 1.54) is 12.1 Å². The van der Waals surface area contributed by atoms with Crippen molar-refractivity contribution in [2.24, 2.45) is 11.7 Å². The summed E-state index contributed by atoms with van der Waals surface area (Å²) >= 11 is 0. The molecule has 0 aliphatic heterocycles. The van der Waals surface area contributed by atoms with Crippen LogP contribution in [-0.4, -0.2) is 16.9 Å². The molecule has 1 amide bonds. The number of hydrogen-bond donors (Lipinski definition) is 2. The predicted octanol–water partition coefficient (Wildman–Crippen LogP) is 2.01. The second-order valence-electron chi connectivity index (χ2n) is 4.55. The number of non-ortho nitro benzene ring substituents is 1. The average Bonchev–Trinajstić information content (AvgIpc) is 2.43. The van der Waals surface area contributed by atoms with Crippen LogP contribution in [0.5, 0.6) is 0 Å². The number of benzene rings is 1. The van der Waals surface area contributed by atoms with Crippen LogP contribution in [0.4, 0.5) is 5.69 Å². The van der Waals surface area contributed by atoms with Gasteiger partial charge in [-0.1, -0.05) is 32.4 Å². The van der Waals surface area contributed by atoms with E-state index in [-0.39, 0.29) is 29.9 Å². The first kappa shape index (κ1) is 18.3. The molecular formula is C13H20ClN3O3. The van der Waals surface area contributed by atoms with Gasteiger partial charge in [0.25, 0.3) is 5.69 Å². The summed E-state index contributed by atoms with van der Waals surface area (Å²) in [6.45, 7) is 4.23. The summed E-state index contributed by atoms with van der Waals surface area (Å²) < 4.78 is 0. The Morgan fingerprint density at radius 3 is 2.40 bits per heavy atom. The number of nitro benzene ring substituents is 1. The first-order chi connectivity index (χ1) is 8.95. The fourth-order valence-electron chi connectivity index (χ4n) is 1.55. The number of amides is 1. The zero-order valence-corrected chi connectivity index (χ0v) is 12.4. The number of nitro groups is 1. The van der Waals surface area contributed by atoms with Crippen LogP contribution in [0, 0.1) is 16.0 Å². The number of halogens is 1. The third kappa shape index (κ3) is 5.14. The maximum absolute atomic E-state index is 11.7. The fraction of sp³-hybridized carbons (Fsp3) is 0.462. The van der Waals surface area contributed by atoms with Gasteiger partial charge in [0.05, 0.1) is 11.0 Å². The second-order valence-corrected chi connectivity index (χ2v) is 4.55. The van der Waals surface area contributed by atoms with Crippen molar-refractivity contribution in [1.29, 1.82) is 0 Å². The standard InChI is InChI=1S/C13H19N3O3.ClH/c1-3-9(2)12(14)13(17)15-8-10-4-6-11(7-5-10)16(18)19;/h4-7,9,12H,3,8,14H2,1-2H3,(H,15,17);1H. The van der Waals surface area contributed by atoms with Crippen molar-refractivity contribution < 1.29 is 9.72 Å². The fourth-order valence-corrected chi connectivity index (χ4v) is 1.55. The second kappa shape index (κ2) is 8.50. The molecule has 1 rings (SSSR count). The van der Waals surface area contributed by atoms with Gasteiger partial charge in [0.15, 0.2) is 0 Å². The van der Waals surface area contributed by atoms with Gasteiger partial charge >= 0.3 is 0 Å². The number of nitrogens with zero attached hydrogens (tertiary/aromatic N) is 1. The SMILES string of the molecule is CCC(C)C(N)C(=O)NCc1ccc([N+](=O)[O-])cc1.Cl. The van der Waals surface area contributed by atoms with Crippen LogP contribution in [0.1, 0.15) is 25.8 Å². The minimum atomic E-state index is -0.525. The van der Waals surface area contributed by atoms with E-state index in [4.69, 9.17) is 5.73 Å². The van der Waals surface area contributed by atoms with Gasteiger partial charge in [-0.25, -0.2) is 0 Å². The molecule has 7 heteroatoms. The number of rotatable bonds is 6. The van der Waals surface area contributed by atoms with Crippen LogP contribution < -0.4 is 11.1 Å². The molecule has 0 heterocycles. The summed E-state index contributed by atoms with van der Waals surface area (Å²) in [4.78, 5) is 21.8. The van der Waals surface area contributed by atoms with Crippen LogP contribution in [-0.2, 0) is 11.3 Å². The van der Waals surface area contributed by atoms with E-state index in [0.717, 1.165) is 12.0 Å². The Hall–Kier alpha value is -1.66. The van der Waals surface area contributed by atoms with Crippen LogP contribution in [0.3, 0.4) is 0 Å². The molecule has 0 aromatic heterocycles. The summed E-state index contributed by atoms with van der Waals surface area (Å²) in [5, 5.41) is 13.2. The highest BCUT2D eigenvalue weighted by molar-refractivity contribution is 5.85. The van der Waals surface area contributed by atoms with E-state index in [2.05, 4.69) is 5.32 Å². The van der Waals surface area contributed by atoms with Crippen LogP contribution >= 0.6 is 12.4 Å². The molecule has 1 aromatic carbocycles. The summed E-state index contributed by atoms with van der Waals surface area (Å²) in [6, 6.07) is 5.54. The van der Waals surface area contributed by atoms with Crippen molar-refractivity contribution in [3.8, 4) is 0 Å². The minimum Gasteiger partial charge on any atom is -0.351 e. The Bertz CT molecular complexity index is 451. The van der Waals surface area contributed by atoms with Crippen molar-refractivity contribution >= 4 is 24.0 Å². The van der Waals surface area contributed by atoms with E-state index in [9.17, 15) is 14.9 Å². The first-order valence-corrected chi connectivity index (χ1v) is 6.22. The Morgan fingerprint density at radius 1 is 1.40 bits per heavy atom. The molecule has 0 saturated carbocycles. The van der Waals surface area contributed by atoms with E-state index in [1.807, 2.05) is 13.8 Å². The molecule has 0 fully saturated rings. The molecule has 0 radical (unpaired) electrons. The van der Waals surface area contributed by atoms with Gasteiger partial charge in [-0.05, 0) is 11.5 Å². The molecule has 0 spiro atoms. The van der Waals surface area contributed by atoms with Crippen LogP contribution in [0.2, 0.25) is 0 Å². The lowest BCUT2D eigenvalue weighted by Gasteiger charge is -2.17. The number of nitrogens with one attached hydrogen (secondary N) is 1. The molecule has 2 unspecified atom stereocenters. The molecule has 6 nitrogen and oxygen atoms in total. The summed E-state index contributed by atoms with van der Waals surface area (Å²) in [5.41, 5.74) is 6.63. The molecule has 0 aliphatic rings. The van der Waals surface area contributed by atoms with E-state index >= 15 is 0 Å².